The van der Waals surface area contributed by atoms with E-state index in [1.807, 2.05) is 51.9 Å². The number of carbonyl (C=O) groups excluding carboxylic acids is 1. The maximum absolute atomic E-state index is 13.3. The van der Waals surface area contributed by atoms with Gasteiger partial charge in [0.05, 0.1) is 18.9 Å². The molecule has 1 heterocycles. The van der Waals surface area contributed by atoms with Gasteiger partial charge in [-0.3, -0.25) is 9.36 Å². The van der Waals surface area contributed by atoms with Crippen LogP contribution in [0.1, 0.15) is 25.3 Å². The van der Waals surface area contributed by atoms with Crippen LogP contribution in [0.15, 0.2) is 59.8 Å². The molecule has 174 valence electrons. The molecule has 1 atom stereocenters. The number of nitrogens with zero attached hydrogens (tertiary/aromatic N) is 4. The van der Waals surface area contributed by atoms with Crippen molar-refractivity contribution >= 4 is 29.3 Å². The summed E-state index contributed by atoms with van der Waals surface area (Å²) in [7, 11) is 1.67. The van der Waals surface area contributed by atoms with Gasteiger partial charge in [-0.25, -0.2) is 0 Å². The number of benzene rings is 2. The number of hydrogen-bond donors (Lipinski definition) is 0. The number of carbonyl (C=O) groups is 1. The van der Waals surface area contributed by atoms with Gasteiger partial charge in [0.1, 0.15) is 0 Å². The molecule has 1 aromatic heterocycles. The van der Waals surface area contributed by atoms with Crippen LogP contribution >= 0.6 is 23.4 Å². The molecule has 0 N–H and O–H groups in total. The number of halogens is 1. The van der Waals surface area contributed by atoms with Gasteiger partial charge < -0.3 is 9.64 Å². The minimum absolute atomic E-state index is 0.123. The van der Waals surface area contributed by atoms with E-state index in [0.29, 0.717) is 41.5 Å². The molecule has 0 aliphatic heterocycles. The van der Waals surface area contributed by atoms with E-state index in [1.165, 1.54) is 24.6 Å². The highest BCUT2D eigenvalue weighted by Gasteiger charge is 2.34. The first-order valence-corrected chi connectivity index (χ1v) is 12.6. The summed E-state index contributed by atoms with van der Waals surface area (Å²) in [5, 5.41) is 10.2. The van der Waals surface area contributed by atoms with Crippen LogP contribution < -0.4 is 0 Å². The van der Waals surface area contributed by atoms with Crippen LogP contribution in [0.4, 0.5) is 0 Å². The summed E-state index contributed by atoms with van der Waals surface area (Å²) in [5.74, 6) is 1.78. The van der Waals surface area contributed by atoms with E-state index in [0.717, 1.165) is 17.0 Å². The van der Waals surface area contributed by atoms with Crippen molar-refractivity contribution in [1.29, 1.82) is 0 Å². The van der Waals surface area contributed by atoms with Gasteiger partial charge in [-0.1, -0.05) is 53.7 Å². The maximum Gasteiger partial charge on any atom is 0.233 e. The fraction of sp³-hybridized carbons (Fsp3) is 0.400. The Morgan fingerprint density at radius 2 is 1.91 bits per heavy atom. The van der Waals surface area contributed by atoms with Gasteiger partial charge in [0, 0.05) is 30.3 Å². The van der Waals surface area contributed by atoms with Crippen molar-refractivity contribution in [3.63, 3.8) is 0 Å². The first-order valence-electron chi connectivity index (χ1n) is 11.2. The van der Waals surface area contributed by atoms with Crippen molar-refractivity contribution in [2.75, 3.05) is 19.5 Å². The van der Waals surface area contributed by atoms with Crippen LogP contribution in [-0.2, 0) is 22.6 Å². The van der Waals surface area contributed by atoms with Crippen molar-refractivity contribution in [3.8, 4) is 11.4 Å². The Kier molecular flexibility index (Phi) is 8.06. The second kappa shape index (κ2) is 11.2. The third-order valence-electron chi connectivity index (χ3n) is 5.97. The number of hydrogen-bond acceptors (Lipinski definition) is 5. The third kappa shape index (κ3) is 6.16. The number of amides is 1. The molecule has 0 radical (unpaired) electrons. The Morgan fingerprint density at radius 1 is 1.18 bits per heavy atom. The van der Waals surface area contributed by atoms with Gasteiger partial charge in [0.25, 0.3) is 0 Å². The predicted octanol–water partition coefficient (Wildman–Crippen LogP) is 5.16. The van der Waals surface area contributed by atoms with Gasteiger partial charge in [0.15, 0.2) is 11.0 Å². The lowest BCUT2D eigenvalue weighted by Gasteiger charge is -2.29. The molecule has 0 bridgehead atoms. The van der Waals surface area contributed by atoms with Gasteiger partial charge >= 0.3 is 0 Å². The second-order valence-electron chi connectivity index (χ2n) is 8.33. The lowest BCUT2D eigenvalue weighted by molar-refractivity contribution is -0.131. The van der Waals surface area contributed by atoms with E-state index in [9.17, 15) is 4.79 Å². The van der Waals surface area contributed by atoms with E-state index in [4.69, 9.17) is 16.3 Å². The van der Waals surface area contributed by atoms with Crippen LogP contribution in [0.3, 0.4) is 0 Å². The van der Waals surface area contributed by atoms with E-state index < -0.39 is 0 Å². The Labute approximate surface area is 204 Å². The fourth-order valence-electron chi connectivity index (χ4n) is 3.87. The van der Waals surface area contributed by atoms with Gasteiger partial charge in [-0.05, 0) is 55.5 Å². The molecular weight excluding hydrogens is 456 g/mol. The number of thioether (sulfide) groups is 1. The molecule has 1 aliphatic carbocycles. The highest BCUT2D eigenvalue weighted by molar-refractivity contribution is 7.99. The van der Waals surface area contributed by atoms with E-state index >= 15 is 0 Å². The predicted molar refractivity (Wildman–Crippen MR) is 132 cm³/mol. The van der Waals surface area contributed by atoms with E-state index in [1.54, 1.807) is 7.11 Å². The minimum atomic E-state index is 0.123. The molecule has 1 fully saturated rings. The highest BCUT2D eigenvalue weighted by Crippen LogP contribution is 2.36. The second-order valence-corrected chi connectivity index (χ2v) is 9.71. The fourth-order valence-corrected chi connectivity index (χ4v) is 4.85. The zero-order chi connectivity index (χ0) is 23.2. The van der Waals surface area contributed by atoms with Crippen molar-refractivity contribution in [1.82, 2.24) is 19.7 Å². The molecule has 0 unspecified atom stereocenters. The van der Waals surface area contributed by atoms with Gasteiger partial charge in [-0.15, -0.1) is 10.2 Å². The molecule has 1 aliphatic rings. The molecule has 0 saturated heterocycles. The Balaban J connectivity index is 1.50. The quantitative estimate of drug-likeness (QED) is 0.351. The summed E-state index contributed by atoms with van der Waals surface area (Å²) in [6.45, 7) is 3.93. The molecular formula is C25H29ClN4O2S. The molecule has 1 saturated carbocycles. The van der Waals surface area contributed by atoms with E-state index in [-0.39, 0.29) is 11.9 Å². The third-order valence-corrected chi connectivity index (χ3v) is 7.18. The monoisotopic (exact) mass is 484 g/mol. The molecule has 2 aromatic carbocycles. The first-order chi connectivity index (χ1) is 16.1. The number of aromatic nitrogens is 3. The minimum Gasteiger partial charge on any atom is -0.383 e. The summed E-state index contributed by atoms with van der Waals surface area (Å²) >= 11 is 7.47. The van der Waals surface area contributed by atoms with Crippen LogP contribution in [0.5, 0.6) is 0 Å². The summed E-state index contributed by atoms with van der Waals surface area (Å²) in [6, 6.07) is 17.9. The van der Waals surface area contributed by atoms with Crippen LogP contribution in [-0.4, -0.2) is 51.1 Å². The van der Waals surface area contributed by atoms with Crippen molar-refractivity contribution in [3.05, 3.63) is 65.2 Å². The van der Waals surface area contributed by atoms with E-state index in [2.05, 4.69) is 29.3 Å². The zero-order valence-electron chi connectivity index (χ0n) is 19.0. The van der Waals surface area contributed by atoms with Gasteiger partial charge in [-0.2, -0.15) is 0 Å². The van der Waals surface area contributed by atoms with Crippen molar-refractivity contribution < 1.29 is 9.53 Å². The number of ether oxygens (including phenoxy) is 1. The zero-order valence-corrected chi connectivity index (χ0v) is 20.6. The number of rotatable bonds is 11. The van der Waals surface area contributed by atoms with Crippen molar-refractivity contribution in [2.45, 2.75) is 44.1 Å². The Morgan fingerprint density at radius 3 is 2.58 bits per heavy atom. The lowest BCUT2D eigenvalue weighted by atomic mass is 10.1. The first kappa shape index (κ1) is 23.8. The maximum atomic E-state index is 13.3. The Hall–Kier alpha value is -2.35. The standard InChI is InChI=1S/C25H29ClN4O2S/c1-18(20-8-9-20)30(16-19-6-4-3-5-7-19)23(31)17-33-25-28-27-24(29(25)14-15-32-2)21-10-12-22(26)13-11-21/h3-7,10-13,18,20H,8-9,14-17H2,1-2H3/t18-/m1/s1. The molecule has 3 aromatic rings. The van der Waals surface area contributed by atoms with Crippen LogP contribution in [0.25, 0.3) is 11.4 Å². The molecule has 4 rings (SSSR count). The largest absolute Gasteiger partial charge is 0.383 e. The molecule has 8 heteroatoms. The Bertz CT molecular complexity index is 1050. The smallest absolute Gasteiger partial charge is 0.233 e. The van der Waals surface area contributed by atoms with Crippen LogP contribution in [0, 0.1) is 5.92 Å². The van der Waals surface area contributed by atoms with Crippen molar-refractivity contribution in [2.24, 2.45) is 5.92 Å². The lowest BCUT2D eigenvalue weighted by Crippen LogP contribution is -2.40. The topological polar surface area (TPSA) is 60.2 Å². The molecule has 1 amide bonds. The summed E-state index contributed by atoms with van der Waals surface area (Å²) in [6.07, 6.45) is 2.39. The number of methoxy groups -OCH3 is 1. The van der Waals surface area contributed by atoms with Gasteiger partial charge in [0.2, 0.25) is 5.91 Å². The van der Waals surface area contributed by atoms with Crippen LogP contribution in [0.2, 0.25) is 5.02 Å². The molecule has 33 heavy (non-hydrogen) atoms. The summed E-state index contributed by atoms with van der Waals surface area (Å²) in [4.78, 5) is 15.4. The average molecular weight is 485 g/mol. The molecule has 6 nitrogen and oxygen atoms in total. The average Bonchev–Trinajstić information content (AvgIpc) is 3.61. The SMILES string of the molecule is COCCn1c(SCC(=O)N(Cc2ccccc2)[C@H](C)C2CC2)nnc1-c1ccc(Cl)cc1. The summed E-state index contributed by atoms with van der Waals surface area (Å²) < 4.78 is 7.30. The summed E-state index contributed by atoms with van der Waals surface area (Å²) in [5.41, 5.74) is 2.07. The highest BCUT2D eigenvalue weighted by atomic mass is 35.5. The molecule has 0 spiro atoms. The normalized spacial score (nSPS) is 14.3.